The Morgan fingerprint density at radius 3 is 2.80 bits per heavy atom. The summed E-state index contributed by atoms with van der Waals surface area (Å²) in [4.78, 5) is 11.0. The molecule has 0 unspecified atom stereocenters. The Morgan fingerprint density at radius 1 is 1.40 bits per heavy atom. The van der Waals surface area contributed by atoms with Crippen molar-refractivity contribution in [3.63, 3.8) is 0 Å². The van der Waals surface area contributed by atoms with E-state index in [9.17, 15) is 4.79 Å². The Hall–Kier alpha value is -1.06. The number of hydrogen-bond donors (Lipinski definition) is 1. The summed E-state index contributed by atoms with van der Waals surface area (Å²) in [5, 5.41) is 0.701. The molecule has 2 N–H and O–H groups in total. The zero-order valence-electron chi connectivity index (χ0n) is 8.41. The first-order valence-electron chi connectivity index (χ1n) is 4.83. The summed E-state index contributed by atoms with van der Waals surface area (Å²) in [6.45, 7) is 0.674. The second kappa shape index (κ2) is 6.43. The first-order chi connectivity index (χ1) is 7.24. The molecule has 82 valence electrons. The zero-order chi connectivity index (χ0) is 11.1. The molecule has 0 aromatic heterocycles. The molecule has 0 spiro atoms. The molecule has 0 saturated heterocycles. The molecule has 0 heterocycles. The van der Waals surface area contributed by atoms with Crippen LogP contribution in [-0.4, -0.2) is 19.1 Å². The minimum Gasteiger partial charge on any atom is -0.465 e. The predicted molar refractivity (Wildman–Crippen MR) is 59.8 cm³/mol. The number of benzene rings is 1. The molecule has 0 saturated carbocycles. The number of halogens is 1. The summed E-state index contributed by atoms with van der Waals surface area (Å²) in [6.07, 6.45) is 0.901. The van der Waals surface area contributed by atoms with E-state index in [-0.39, 0.29) is 12.4 Å². The Bertz CT molecular complexity index is 328. The van der Waals surface area contributed by atoms with E-state index in [1.54, 1.807) is 0 Å². The molecule has 1 aromatic rings. The highest BCUT2D eigenvalue weighted by molar-refractivity contribution is 6.31. The second-order valence-corrected chi connectivity index (χ2v) is 3.51. The molecule has 4 heteroatoms. The third-order valence-electron chi connectivity index (χ3n) is 1.94. The van der Waals surface area contributed by atoms with Crippen molar-refractivity contribution in [2.45, 2.75) is 12.8 Å². The van der Waals surface area contributed by atoms with E-state index >= 15 is 0 Å². The Labute approximate surface area is 94.2 Å². The first-order valence-corrected chi connectivity index (χ1v) is 5.21. The van der Waals surface area contributed by atoms with Crippen LogP contribution in [0, 0.1) is 0 Å². The first kappa shape index (κ1) is 12.0. The monoisotopic (exact) mass is 227 g/mol. The van der Waals surface area contributed by atoms with Crippen molar-refractivity contribution in [3.05, 3.63) is 34.9 Å². The van der Waals surface area contributed by atoms with E-state index in [0.29, 0.717) is 24.6 Å². The average Bonchev–Trinajstić information content (AvgIpc) is 2.21. The van der Waals surface area contributed by atoms with Gasteiger partial charge in [-0.3, -0.25) is 4.79 Å². The van der Waals surface area contributed by atoms with E-state index < -0.39 is 0 Å². The van der Waals surface area contributed by atoms with E-state index in [4.69, 9.17) is 22.1 Å². The molecule has 1 aromatic carbocycles. The van der Waals surface area contributed by atoms with Gasteiger partial charge < -0.3 is 10.5 Å². The maximum absolute atomic E-state index is 11.0. The predicted octanol–water partition coefficient (Wildman–Crippen LogP) is 1.77. The summed E-state index contributed by atoms with van der Waals surface area (Å²) in [5.74, 6) is -0.260. The van der Waals surface area contributed by atoms with Crippen LogP contribution in [0.5, 0.6) is 0 Å². The van der Waals surface area contributed by atoms with E-state index in [2.05, 4.69) is 0 Å². The van der Waals surface area contributed by atoms with Gasteiger partial charge in [0.05, 0.1) is 13.0 Å². The summed E-state index contributed by atoms with van der Waals surface area (Å²) in [7, 11) is 0. The number of ether oxygens (including phenoxy) is 1. The van der Waals surface area contributed by atoms with Gasteiger partial charge in [0.2, 0.25) is 0 Å². The van der Waals surface area contributed by atoms with Crippen molar-refractivity contribution in [3.8, 4) is 0 Å². The molecule has 0 radical (unpaired) electrons. The van der Waals surface area contributed by atoms with Gasteiger partial charge in [0.1, 0.15) is 0 Å². The highest BCUT2D eigenvalue weighted by atomic mass is 35.5. The molecule has 0 aliphatic rings. The molecule has 0 aliphatic heterocycles. The minimum absolute atomic E-state index is 0.260. The third kappa shape index (κ3) is 4.32. The lowest BCUT2D eigenvalue weighted by atomic mass is 10.2. The fraction of sp³-hybridized carbons (Fsp3) is 0.364. The molecule has 1 rings (SSSR count). The van der Waals surface area contributed by atoms with E-state index in [0.717, 1.165) is 5.56 Å². The van der Waals surface area contributed by atoms with E-state index in [1.807, 2.05) is 24.3 Å². The number of rotatable bonds is 5. The largest absolute Gasteiger partial charge is 0.465 e. The van der Waals surface area contributed by atoms with Crippen molar-refractivity contribution in [1.82, 2.24) is 0 Å². The Morgan fingerprint density at radius 2 is 2.13 bits per heavy atom. The molecular weight excluding hydrogens is 214 g/mol. The second-order valence-electron chi connectivity index (χ2n) is 3.10. The van der Waals surface area contributed by atoms with Crippen molar-refractivity contribution < 1.29 is 9.53 Å². The van der Waals surface area contributed by atoms with Gasteiger partial charge in [-0.05, 0) is 11.6 Å². The van der Waals surface area contributed by atoms with Crippen LogP contribution in [0.2, 0.25) is 5.02 Å². The number of carbonyl (C=O) groups is 1. The standard InChI is InChI=1S/C11H14ClNO2/c12-10-4-2-1-3-9(10)6-8-15-11(14)5-7-13/h1-4H,5-8,13H2. The van der Waals surface area contributed by atoms with Gasteiger partial charge in [-0.2, -0.15) is 0 Å². The SMILES string of the molecule is NCCC(=O)OCCc1ccccc1Cl. The van der Waals surface area contributed by atoms with Crippen LogP contribution in [0.25, 0.3) is 0 Å². The number of hydrogen-bond acceptors (Lipinski definition) is 3. The average molecular weight is 228 g/mol. The fourth-order valence-electron chi connectivity index (χ4n) is 1.17. The lowest BCUT2D eigenvalue weighted by Crippen LogP contribution is -2.12. The Balaban J connectivity index is 2.32. The maximum atomic E-state index is 11.0. The molecular formula is C11H14ClNO2. The lowest BCUT2D eigenvalue weighted by Gasteiger charge is -2.05. The van der Waals surface area contributed by atoms with Gasteiger partial charge in [-0.15, -0.1) is 0 Å². The lowest BCUT2D eigenvalue weighted by molar-refractivity contribution is -0.143. The smallest absolute Gasteiger partial charge is 0.307 e. The normalized spacial score (nSPS) is 10.0. The number of carbonyl (C=O) groups excluding carboxylic acids is 1. The molecule has 0 aliphatic carbocycles. The van der Waals surface area contributed by atoms with Crippen molar-refractivity contribution >= 4 is 17.6 Å². The minimum atomic E-state index is -0.260. The molecule has 15 heavy (non-hydrogen) atoms. The fourth-order valence-corrected chi connectivity index (χ4v) is 1.40. The van der Waals surface area contributed by atoms with Gasteiger partial charge in [0.25, 0.3) is 0 Å². The van der Waals surface area contributed by atoms with E-state index in [1.165, 1.54) is 0 Å². The third-order valence-corrected chi connectivity index (χ3v) is 2.31. The van der Waals surface area contributed by atoms with Gasteiger partial charge in [-0.25, -0.2) is 0 Å². The number of nitrogens with two attached hydrogens (primary N) is 1. The van der Waals surface area contributed by atoms with Crippen LogP contribution >= 0.6 is 11.6 Å². The molecule has 3 nitrogen and oxygen atoms in total. The quantitative estimate of drug-likeness (QED) is 0.781. The van der Waals surface area contributed by atoms with Crippen molar-refractivity contribution in [2.75, 3.05) is 13.2 Å². The van der Waals surface area contributed by atoms with Gasteiger partial charge >= 0.3 is 5.97 Å². The summed E-state index contributed by atoms with van der Waals surface area (Å²) in [5.41, 5.74) is 6.20. The van der Waals surface area contributed by atoms with Crippen LogP contribution in [0.15, 0.2) is 24.3 Å². The van der Waals surface area contributed by atoms with Gasteiger partial charge in [0.15, 0.2) is 0 Å². The summed E-state index contributed by atoms with van der Waals surface area (Å²) < 4.78 is 4.96. The zero-order valence-corrected chi connectivity index (χ0v) is 9.17. The van der Waals surface area contributed by atoms with Crippen LogP contribution in [0.4, 0.5) is 0 Å². The number of esters is 1. The summed E-state index contributed by atoms with van der Waals surface area (Å²) >= 11 is 5.94. The molecule has 0 bridgehead atoms. The van der Waals surface area contributed by atoms with Crippen molar-refractivity contribution in [2.24, 2.45) is 5.73 Å². The maximum Gasteiger partial charge on any atom is 0.307 e. The topological polar surface area (TPSA) is 52.3 Å². The van der Waals surface area contributed by atoms with Gasteiger partial charge in [-0.1, -0.05) is 29.8 Å². The molecule has 0 amide bonds. The van der Waals surface area contributed by atoms with Gasteiger partial charge in [0, 0.05) is 18.0 Å². The van der Waals surface area contributed by atoms with Crippen LogP contribution in [-0.2, 0) is 16.0 Å². The highest BCUT2D eigenvalue weighted by Crippen LogP contribution is 2.15. The van der Waals surface area contributed by atoms with Crippen LogP contribution in [0.3, 0.4) is 0 Å². The molecule has 0 atom stereocenters. The van der Waals surface area contributed by atoms with Crippen molar-refractivity contribution in [1.29, 1.82) is 0 Å². The van der Waals surface area contributed by atoms with Crippen LogP contribution < -0.4 is 5.73 Å². The Kier molecular flexibility index (Phi) is 5.15. The molecule has 0 fully saturated rings. The summed E-state index contributed by atoms with van der Waals surface area (Å²) in [6, 6.07) is 7.51. The van der Waals surface area contributed by atoms with Crippen LogP contribution in [0.1, 0.15) is 12.0 Å². The highest BCUT2D eigenvalue weighted by Gasteiger charge is 2.02.